The monoisotopic (exact) mass is 561 g/mol. The zero-order valence-corrected chi connectivity index (χ0v) is 20.5. The van der Waals surface area contributed by atoms with E-state index in [-0.39, 0.29) is 38.5 Å². The predicted molar refractivity (Wildman–Crippen MR) is 126 cm³/mol. The summed E-state index contributed by atoms with van der Waals surface area (Å²) < 4.78 is 5.25. The number of Topliss-reactive ketones (excluding diaryl/α,β-unsaturated/α-hetero) is 1. The summed E-state index contributed by atoms with van der Waals surface area (Å²) in [6.07, 6.45) is 1.08. The van der Waals surface area contributed by atoms with Gasteiger partial charge in [-0.2, -0.15) is 0 Å². The number of para-hydroxylation sites is 1. The number of benzene rings is 2. The smallest absolute Gasteiger partial charge is 0.340 e. The summed E-state index contributed by atoms with van der Waals surface area (Å²) in [6, 6.07) is 13.3. The van der Waals surface area contributed by atoms with Gasteiger partial charge < -0.3 is 4.74 Å². The van der Waals surface area contributed by atoms with Crippen LogP contribution in [0.5, 0.6) is 0 Å². The number of hydrogen-bond acceptors (Lipinski definition) is 5. The van der Waals surface area contributed by atoms with Gasteiger partial charge >= 0.3 is 5.97 Å². The number of carbonyl (C=O) groups excluding carboxylic acids is 4. The van der Waals surface area contributed by atoms with Crippen LogP contribution in [0.25, 0.3) is 0 Å². The number of amides is 2. The summed E-state index contributed by atoms with van der Waals surface area (Å²) in [5.74, 6) is -2.55. The third kappa shape index (κ3) is 4.30. The Bertz CT molecular complexity index is 1060. The molecule has 2 aliphatic rings. The van der Waals surface area contributed by atoms with Gasteiger partial charge in [0.1, 0.15) is 0 Å². The predicted octanol–water partition coefficient (Wildman–Crippen LogP) is 4.46. The molecule has 32 heavy (non-hydrogen) atoms. The van der Waals surface area contributed by atoms with E-state index in [1.165, 1.54) is 6.07 Å². The first-order valence-corrected chi connectivity index (χ1v) is 12.1. The molecule has 1 aliphatic heterocycles. The van der Waals surface area contributed by atoms with Crippen LogP contribution in [0.4, 0.5) is 5.69 Å². The standard InChI is InChI=1S/C24H21Br2NO5/c1-13-6-8-14(9-7-13)21(28)12-32-24(31)15-4-2-3-5-20(15)27-22(29)16-10-18(25)19(26)11-17(16)23(27)30/h2-9,16-19H,10-12H2,1H3. The minimum absolute atomic E-state index is 0.0790. The number of hydrogen-bond donors (Lipinski definition) is 0. The van der Waals surface area contributed by atoms with Gasteiger partial charge in [0.25, 0.3) is 0 Å². The normalized spacial score (nSPS) is 24.9. The van der Waals surface area contributed by atoms with Crippen LogP contribution in [-0.2, 0) is 14.3 Å². The first-order chi connectivity index (χ1) is 15.3. The molecule has 2 aromatic rings. The van der Waals surface area contributed by atoms with Crippen molar-refractivity contribution in [2.45, 2.75) is 29.4 Å². The Balaban J connectivity index is 1.53. The molecule has 2 amide bonds. The Morgan fingerprint density at radius 2 is 1.50 bits per heavy atom. The van der Waals surface area contributed by atoms with Crippen molar-refractivity contribution in [2.24, 2.45) is 11.8 Å². The number of alkyl halides is 2. The van der Waals surface area contributed by atoms with E-state index in [9.17, 15) is 19.2 Å². The molecule has 1 aliphatic carbocycles. The van der Waals surface area contributed by atoms with Crippen molar-refractivity contribution < 1.29 is 23.9 Å². The lowest BCUT2D eigenvalue weighted by molar-refractivity contribution is -0.122. The highest BCUT2D eigenvalue weighted by atomic mass is 79.9. The Labute approximate surface area is 202 Å². The molecule has 0 radical (unpaired) electrons. The molecular weight excluding hydrogens is 542 g/mol. The summed E-state index contributed by atoms with van der Waals surface area (Å²) in [6.45, 7) is 1.48. The molecule has 4 unspecified atom stereocenters. The highest BCUT2D eigenvalue weighted by Gasteiger charge is 2.52. The lowest BCUT2D eigenvalue weighted by Gasteiger charge is -2.29. The van der Waals surface area contributed by atoms with Gasteiger partial charge in [-0.15, -0.1) is 0 Å². The van der Waals surface area contributed by atoms with Crippen LogP contribution in [-0.4, -0.2) is 39.8 Å². The largest absolute Gasteiger partial charge is 0.454 e. The zero-order chi connectivity index (χ0) is 23.0. The topological polar surface area (TPSA) is 80.8 Å². The molecule has 0 aromatic heterocycles. The quantitative estimate of drug-likeness (QED) is 0.233. The number of fused-ring (bicyclic) bond motifs is 1. The van der Waals surface area contributed by atoms with Gasteiger partial charge in [0.05, 0.1) is 23.1 Å². The number of carbonyl (C=O) groups is 4. The van der Waals surface area contributed by atoms with Crippen LogP contribution in [0.2, 0.25) is 0 Å². The average molecular weight is 563 g/mol. The number of anilines is 1. The van der Waals surface area contributed by atoms with E-state index in [1.807, 2.05) is 19.1 Å². The molecule has 166 valence electrons. The second kappa shape index (κ2) is 9.27. The first kappa shape index (κ1) is 22.9. The van der Waals surface area contributed by atoms with E-state index < -0.39 is 24.4 Å². The van der Waals surface area contributed by atoms with Crippen LogP contribution in [0.1, 0.15) is 39.1 Å². The van der Waals surface area contributed by atoms with Gasteiger partial charge in [0, 0.05) is 15.2 Å². The van der Waals surface area contributed by atoms with Crippen LogP contribution in [0.3, 0.4) is 0 Å². The zero-order valence-electron chi connectivity index (χ0n) is 17.3. The molecule has 1 heterocycles. The van der Waals surface area contributed by atoms with Crippen molar-refractivity contribution >= 4 is 61.1 Å². The van der Waals surface area contributed by atoms with Crippen LogP contribution in [0, 0.1) is 18.8 Å². The molecule has 0 spiro atoms. The third-order valence-corrected chi connectivity index (χ3v) is 8.72. The van der Waals surface area contributed by atoms with E-state index >= 15 is 0 Å². The molecule has 1 saturated carbocycles. The van der Waals surface area contributed by atoms with E-state index in [0.29, 0.717) is 18.4 Å². The summed E-state index contributed by atoms with van der Waals surface area (Å²) in [4.78, 5) is 52.7. The number of imide groups is 1. The van der Waals surface area contributed by atoms with Gasteiger partial charge in [-0.25, -0.2) is 9.69 Å². The second-order valence-corrected chi connectivity index (χ2v) is 10.5. The van der Waals surface area contributed by atoms with Gasteiger partial charge in [0.15, 0.2) is 12.4 Å². The third-order valence-electron chi connectivity index (χ3n) is 5.98. The fraction of sp³-hybridized carbons (Fsp3) is 0.333. The van der Waals surface area contributed by atoms with Gasteiger partial charge in [-0.3, -0.25) is 14.4 Å². The van der Waals surface area contributed by atoms with Crippen LogP contribution >= 0.6 is 31.9 Å². The second-order valence-electron chi connectivity index (χ2n) is 8.11. The molecule has 0 N–H and O–H groups in total. The highest BCUT2D eigenvalue weighted by molar-refractivity contribution is 9.12. The highest BCUT2D eigenvalue weighted by Crippen LogP contribution is 2.44. The molecular formula is C24H21Br2NO5. The van der Waals surface area contributed by atoms with Gasteiger partial charge in [0.2, 0.25) is 11.8 Å². The summed E-state index contributed by atoms with van der Waals surface area (Å²) in [7, 11) is 0. The molecule has 0 bridgehead atoms. The fourth-order valence-corrected chi connectivity index (χ4v) is 5.44. The van der Waals surface area contributed by atoms with E-state index in [4.69, 9.17) is 4.74 Å². The SMILES string of the molecule is Cc1ccc(C(=O)COC(=O)c2ccccc2N2C(=O)C3CC(Br)C(Br)CC3C2=O)cc1. The van der Waals surface area contributed by atoms with Crippen molar-refractivity contribution in [3.63, 3.8) is 0 Å². The molecule has 2 fully saturated rings. The number of aryl methyl sites for hydroxylation is 1. The van der Waals surface area contributed by atoms with Crippen LogP contribution < -0.4 is 4.90 Å². The van der Waals surface area contributed by atoms with Crippen molar-refractivity contribution in [1.29, 1.82) is 0 Å². The summed E-state index contributed by atoms with van der Waals surface area (Å²) in [5, 5.41) is 0. The van der Waals surface area contributed by atoms with Crippen LogP contribution in [0.15, 0.2) is 48.5 Å². The lowest BCUT2D eigenvalue weighted by Crippen LogP contribution is -2.34. The number of esters is 1. The molecule has 1 saturated heterocycles. The minimum Gasteiger partial charge on any atom is -0.454 e. The molecule has 8 heteroatoms. The number of halogens is 2. The van der Waals surface area contributed by atoms with Gasteiger partial charge in [-0.05, 0) is 31.9 Å². The van der Waals surface area contributed by atoms with Gasteiger partial charge in [-0.1, -0.05) is 73.8 Å². The number of nitrogens with zero attached hydrogens (tertiary/aromatic N) is 1. The van der Waals surface area contributed by atoms with E-state index in [0.717, 1.165) is 10.5 Å². The molecule has 4 rings (SSSR count). The van der Waals surface area contributed by atoms with E-state index in [1.54, 1.807) is 30.3 Å². The maximum absolute atomic E-state index is 13.1. The minimum atomic E-state index is -0.756. The Hall–Kier alpha value is -2.32. The maximum atomic E-state index is 13.1. The molecule has 2 aromatic carbocycles. The molecule has 4 atom stereocenters. The van der Waals surface area contributed by atoms with Crippen molar-refractivity contribution in [3.8, 4) is 0 Å². The summed E-state index contributed by atoms with van der Waals surface area (Å²) >= 11 is 7.15. The first-order valence-electron chi connectivity index (χ1n) is 10.3. The number of ketones is 1. The van der Waals surface area contributed by atoms with Crippen molar-refractivity contribution in [3.05, 3.63) is 65.2 Å². The Morgan fingerprint density at radius 3 is 2.09 bits per heavy atom. The van der Waals surface area contributed by atoms with E-state index in [2.05, 4.69) is 31.9 Å². The van der Waals surface area contributed by atoms with Crippen molar-refractivity contribution in [1.82, 2.24) is 0 Å². The number of rotatable bonds is 5. The summed E-state index contributed by atoms with van der Waals surface area (Å²) in [5.41, 5.74) is 1.74. The van der Waals surface area contributed by atoms with Crippen molar-refractivity contribution in [2.75, 3.05) is 11.5 Å². The maximum Gasteiger partial charge on any atom is 0.340 e. The lowest BCUT2D eigenvalue weighted by atomic mass is 9.81. The Morgan fingerprint density at radius 1 is 0.938 bits per heavy atom. The molecule has 6 nitrogen and oxygen atoms in total. The average Bonchev–Trinajstić information content (AvgIpc) is 3.02. The Kier molecular flexibility index (Phi) is 6.62. The number of ether oxygens (including phenoxy) is 1. The fourth-order valence-electron chi connectivity index (χ4n) is 4.21.